The van der Waals surface area contributed by atoms with Crippen LogP contribution >= 0.6 is 0 Å². The summed E-state index contributed by atoms with van der Waals surface area (Å²) in [5.74, 6) is 0.833. The van der Waals surface area contributed by atoms with E-state index in [1.165, 1.54) is 81.8 Å². The van der Waals surface area contributed by atoms with E-state index in [1.54, 1.807) is 0 Å². The van der Waals surface area contributed by atoms with Gasteiger partial charge in [-0.1, -0.05) is 92.9 Å². The molecule has 2 rings (SSSR count). The molecular formula is C30H51N2+. The van der Waals surface area contributed by atoms with Crippen molar-refractivity contribution in [3.05, 3.63) is 49.1 Å². The molecule has 0 atom stereocenters. The van der Waals surface area contributed by atoms with Crippen LogP contribution in [0.5, 0.6) is 0 Å². The third kappa shape index (κ3) is 16.0. The normalized spacial score (nSPS) is 11.3. The summed E-state index contributed by atoms with van der Waals surface area (Å²) in [7, 11) is 0. The van der Waals surface area contributed by atoms with Gasteiger partial charge in [0.05, 0.1) is 0 Å². The summed E-state index contributed by atoms with van der Waals surface area (Å²) in [6.07, 6.45) is 23.5. The van der Waals surface area contributed by atoms with Crippen LogP contribution in [-0.2, 0) is 6.54 Å². The Balaban J connectivity index is 0.00000118. The molecule has 2 heteroatoms. The van der Waals surface area contributed by atoms with E-state index >= 15 is 0 Å². The van der Waals surface area contributed by atoms with Crippen molar-refractivity contribution in [2.45, 2.75) is 119 Å². The monoisotopic (exact) mass is 439 g/mol. The van der Waals surface area contributed by atoms with Crippen LogP contribution in [0.3, 0.4) is 0 Å². The lowest BCUT2D eigenvalue weighted by Gasteiger charge is -2.17. The zero-order valence-electron chi connectivity index (χ0n) is 22.1. The van der Waals surface area contributed by atoms with Gasteiger partial charge < -0.3 is 0 Å². The Labute approximate surface area is 199 Å². The first-order valence-corrected chi connectivity index (χ1v) is 13.2. The molecule has 0 unspecified atom stereocenters. The third-order valence-corrected chi connectivity index (χ3v) is 5.50. The molecule has 2 nitrogen and oxygen atoms in total. The Hall–Kier alpha value is -1.70. The van der Waals surface area contributed by atoms with Gasteiger partial charge in [0.15, 0.2) is 12.4 Å². The van der Waals surface area contributed by atoms with Gasteiger partial charge in [-0.3, -0.25) is 4.98 Å². The van der Waals surface area contributed by atoms with Crippen molar-refractivity contribution < 1.29 is 4.57 Å². The average molecular weight is 440 g/mol. The zero-order valence-corrected chi connectivity index (χ0v) is 22.1. The van der Waals surface area contributed by atoms with Crippen LogP contribution in [-0.4, -0.2) is 4.98 Å². The van der Waals surface area contributed by atoms with E-state index in [4.69, 9.17) is 0 Å². The third-order valence-electron chi connectivity index (χ3n) is 5.50. The molecule has 180 valence electrons. The SMILES string of the molecule is CC(C)(C)CCCCCCCCCCCC[n+]1ccc(-c2ccncc2)cc1.CC(C)C. The number of hydrogen-bond donors (Lipinski definition) is 0. The molecular weight excluding hydrogens is 388 g/mol. The first-order valence-electron chi connectivity index (χ1n) is 13.2. The van der Waals surface area contributed by atoms with Crippen LogP contribution in [0.2, 0.25) is 0 Å². The van der Waals surface area contributed by atoms with Crippen LogP contribution in [0.15, 0.2) is 49.1 Å². The fraction of sp³-hybridized carbons (Fsp3) is 0.667. The smallest absolute Gasteiger partial charge is 0.169 e. The summed E-state index contributed by atoms with van der Waals surface area (Å²) < 4.78 is 2.31. The summed E-state index contributed by atoms with van der Waals surface area (Å²) in [6.45, 7) is 14.7. The van der Waals surface area contributed by atoms with Crippen molar-refractivity contribution in [3.63, 3.8) is 0 Å². The molecule has 0 amide bonds. The molecule has 2 aromatic rings. The van der Waals surface area contributed by atoms with Crippen molar-refractivity contribution in [1.29, 1.82) is 0 Å². The molecule has 0 saturated carbocycles. The maximum Gasteiger partial charge on any atom is 0.169 e. The second-order valence-electron chi connectivity index (χ2n) is 11.1. The second kappa shape index (κ2) is 16.9. The van der Waals surface area contributed by atoms with Gasteiger partial charge in [-0.25, -0.2) is 4.57 Å². The van der Waals surface area contributed by atoms with E-state index in [0.717, 1.165) is 12.5 Å². The Morgan fingerprint density at radius 1 is 0.656 bits per heavy atom. The van der Waals surface area contributed by atoms with E-state index in [1.807, 2.05) is 12.4 Å². The standard InChI is InChI=1S/C26H41N2.C4H10/c1-26(2,3)18-12-10-8-6-4-5-7-9-11-13-21-28-22-16-25(17-23-28)24-14-19-27-20-15-24;1-4(2)3/h14-17,19-20,22-23H,4-13,18,21H2,1-3H3;4H,1-3H3/q+1;. The van der Waals surface area contributed by atoms with Gasteiger partial charge in [0.2, 0.25) is 0 Å². The lowest BCUT2D eigenvalue weighted by atomic mass is 9.89. The second-order valence-corrected chi connectivity index (χ2v) is 11.1. The molecule has 0 aliphatic rings. The number of pyridine rings is 2. The molecule has 0 aliphatic heterocycles. The predicted molar refractivity (Wildman–Crippen MR) is 141 cm³/mol. The number of nitrogens with zero attached hydrogens (tertiary/aromatic N) is 2. The highest BCUT2D eigenvalue weighted by molar-refractivity contribution is 5.61. The van der Waals surface area contributed by atoms with Gasteiger partial charge in [-0.15, -0.1) is 0 Å². The summed E-state index contributed by atoms with van der Waals surface area (Å²) in [4.78, 5) is 4.08. The van der Waals surface area contributed by atoms with Gasteiger partial charge in [0.1, 0.15) is 6.54 Å². The van der Waals surface area contributed by atoms with Crippen molar-refractivity contribution in [1.82, 2.24) is 4.98 Å². The van der Waals surface area contributed by atoms with E-state index in [9.17, 15) is 0 Å². The molecule has 0 saturated heterocycles. The van der Waals surface area contributed by atoms with Crippen LogP contribution in [0, 0.1) is 11.3 Å². The molecule has 0 spiro atoms. The first kappa shape index (κ1) is 28.3. The van der Waals surface area contributed by atoms with Crippen LogP contribution in [0.25, 0.3) is 11.1 Å². The van der Waals surface area contributed by atoms with Gasteiger partial charge >= 0.3 is 0 Å². The molecule has 32 heavy (non-hydrogen) atoms. The number of aryl methyl sites for hydroxylation is 1. The maximum absolute atomic E-state index is 4.08. The summed E-state index contributed by atoms with van der Waals surface area (Å²) in [6, 6.07) is 8.53. The topological polar surface area (TPSA) is 16.8 Å². The van der Waals surface area contributed by atoms with E-state index in [0.29, 0.717) is 5.41 Å². The van der Waals surface area contributed by atoms with Crippen molar-refractivity contribution >= 4 is 0 Å². The Kier molecular flexibility index (Phi) is 14.9. The number of aromatic nitrogens is 2. The minimum atomic E-state index is 0.514. The first-order chi connectivity index (χ1) is 15.3. The number of unbranched alkanes of at least 4 members (excludes halogenated alkanes) is 9. The Bertz CT molecular complexity index is 665. The lowest BCUT2D eigenvalue weighted by molar-refractivity contribution is -0.697. The van der Waals surface area contributed by atoms with Crippen molar-refractivity contribution in [2.24, 2.45) is 11.3 Å². The minimum absolute atomic E-state index is 0.514. The average Bonchev–Trinajstić information content (AvgIpc) is 2.74. The fourth-order valence-electron chi connectivity index (χ4n) is 3.71. The molecule has 0 bridgehead atoms. The lowest BCUT2D eigenvalue weighted by Crippen LogP contribution is -2.32. The minimum Gasteiger partial charge on any atom is -0.265 e. The van der Waals surface area contributed by atoms with Crippen LogP contribution < -0.4 is 4.57 Å². The van der Waals surface area contributed by atoms with Crippen LogP contribution in [0.1, 0.15) is 112 Å². The quantitative estimate of drug-likeness (QED) is 0.225. The summed E-state index contributed by atoms with van der Waals surface area (Å²) >= 11 is 0. The predicted octanol–water partition coefficient (Wildman–Crippen LogP) is 9.04. The van der Waals surface area contributed by atoms with Gasteiger partial charge in [0, 0.05) is 30.9 Å². The van der Waals surface area contributed by atoms with E-state index in [2.05, 4.69) is 87.8 Å². The zero-order chi connectivity index (χ0) is 23.7. The molecule has 2 heterocycles. The number of hydrogen-bond acceptors (Lipinski definition) is 1. The molecule has 0 aliphatic carbocycles. The largest absolute Gasteiger partial charge is 0.265 e. The fourth-order valence-corrected chi connectivity index (χ4v) is 3.71. The highest BCUT2D eigenvalue weighted by Crippen LogP contribution is 2.22. The summed E-state index contributed by atoms with van der Waals surface area (Å²) in [5.41, 5.74) is 3.01. The molecule has 0 fully saturated rings. The number of rotatable bonds is 13. The Morgan fingerprint density at radius 2 is 1.06 bits per heavy atom. The highest BCUT2D eigenvalue weighted by atomic mass is 14.9. The Morgan fingerprint density at radius 3 is 1.53 bits per heavy atom. The maximum atomic E-state index is 4.08. The van der Waals surface area contributed by atoms with Crippen LogP contribution in [0.4, 0.5) is 0 Å². The highest BCUT2D eigenvalue weighted by Gasteiger charge is 2.08. The van der Waals surface area contributed by atoms with E-state index < -0.39 is 0 Å². The van der Waals surface area contributed by atoms with Crippen molar-refractivity contribution in [2.75, 3.05) is 0 Å². The van der Waals surface area contributed by atoms with Gasteiger partial charge in [-0.2, -0.15) is 0 Å². The van der Waals surface area contributed by atoms with E-state index in [-0.39, 0.29) is 0 Å². The molecule has 0 aromatic carbocycles. The van der Waals surface area contributed by atoms with Crippen molar-refractivity contribution in [3.8, 4) is 11.1 Å². The molecule has 2 aromatic heterocycles. The molecule has 0 radical (unpaired) electrons. The molecule has 0 N–H and O–H groups in total. The van der Waals surface area contributed by atoms with Gasteiger partial charge in [-0.05, 0) is 47.4 Å². The van der Waals surface area contributed by atoms with Gasteiger partial charge in [0.25, 0.3) is 0 Å². The summed E-state index contributed by atoms with van der Waals surface area (Å²) in [5, 5.41) is 0.